The van der Waals surface area contributed by atoms with E-state index in [0.717, 1.165) is 25.9 Å². The molecule has 106 valence electrons. The third-order valence-electron chi connectivity index (χ3n) is 3.51. The zero-order valence-corrected chi connectivity index (χ0v) is 12.7. The normalized spacial score (nSPS) is 21.3. The molecule has 1 aromatic carbocycles. The van der Waals surface area contributed by atoms with E-state index >= 15 is 0 Å². The van der Waals surface area contributed by atoms with Crippen molar-refractivity contribution in [3.05, 3.63) is 33.8 Å². The Kier molecular flexibility index (Phi) is 5.96. The fraction of sp³-hybridized carbons (Fsp3) is 0.600. The number of ether oxygens (including phenoxy) is 2. The Labute approximate surface area is 125 Å². The van der Waals surface area contributed by atoms with Crippen molar-refractivity contribution < 1.29 is 9.47 Å². The maximum atomic E-state index is 6.03. The van der Waals surface area contributed by atoms with E-state index in [2.05, 4.69) is 6.92 Å². The highest BCUT2D eigenvalue weighted by atomic mass is 35.5. The molecule has 19 heavy (non-hydrogen) atoms. The van der Waals surface area contributed by atoms with Crippen molar-refractivity contribution in [2.45, 2.75) is 44.8 Å². The number of rotatable bonds is 5. The van der Waals surface area contributed by atoms with Crippen LogP contribution in [0.4, 0.5) is 0 Å². The summed E-state index contributed by atoms with van der Waals surface area (Å²) in [6, 6.07) is 5.81. The van der Waals surface area contributed by atoms with Crippen molar-refractivity contribution in [2.24, 2.45) is 0 Å². The summed E-state index contributed by atoms with van der Waals surface area (Å²) in [7, 11) is 0. The summed E-state index contributed by atoms with van der Waals surface area (Å²) in [6.45, 7) is 3.71. The number of hydrogen-bond acceptors (Lipinski definition) is 2. The lowest BCUT2D eigenvalue weighted by atomic mass is 9.98. The van der Waals surface area contributed by atoms with E-state index in [1.807, 2.05) is 18.2 Å². The van der Waals surface area contributed by atoms with E-state index in [9.17, 15) is 0 Å². The van der Waals surface area contributed by atoms with Gasteiger partial charge in [-0.05, 0) is 49.3 Å². The average molecular weight is 303 g/mol. The van der Waals surface area contributed by atoms with Gasteiger partial charge in [-0.15, -0.1) is 0 Å². The minimum absolute atomic E-state index is 0.00486. The summed E-state index contributed by atoms with van der Waals surface area (Å²) in [5.74, 6) is 0.401. The highest BCUT2D eigenvalue weighted by Crippen LogP contribution is 2.28. The van der Waals surface area contributed by atoms with Crippen molar-refractivity contribution in [2.75, 3.05) is 13.2 Å². The molecule has 1 saturated heterocycles. The highest BCUT2D eigenvalue weighted by Gasteiger charge is 2.15. The molecule has 2 nitrogen and oxygen atoms in total. The molecule has 0 amide bonds. The molecule has 0 saturated carbocycles. The standard InChI is InChI=1S/C15H20Cl2O2/c1-11(12-5-6-13(16)14(17)10-12)7-9-19-15-4-2-3-8-18-15/h5-6,10-11,15H,2-4,7-9H2,1H3. The summed E-state index contributed by atoms with van der Waals surface area (Å²) in [6.07, 6.45) is 4.32. The van der Waals surface area contributed by atoms with Crippen LogP contribution in [0.3, 0.4) is 0 Å². The van der Waals surface area contributed by atoms with Crippen LogP contribution >= 0.6 is 23.2 Å². The number of benzene rings is 1. The van der Waals surface area contributed by atoms with Gasteiger partial charge in [-0.2, -0.15) is 0 Å². The van der Waals surface area contributed by atoms with Crippen LogP contribution in [0, 0.1) is 0 Å². The van der Waals surface area contributed by atoms with Gasteiger partial charge in [0.2, 0.25) is 0 Å². The zero-order chi connectivity index (χ0) is 13.7. The van der Waals surface area contributed by atoms with E-state index in [1.165, 1.54) is 12.0 Å². The van der Waals surface area contributed by atoms with Gasteiger partial charge >= 0.3 is 0 Å². The molecule has 1 fully saturated rings. The lowest BCUT2D eigenvalue weighted by Gasteiger charge is -2.23. The molecule has 1 aliphatic heterocycles. The summed E-state index contributed by atoms with van der Waals surface area (Å²) >= 11 is 11.9. The number of hydrogen-bond donors (Lipinski definition) is 0. The van der Waals surface area contributed by atoms with E-state index in [0.29, 0.717) is 22.6 Å². The quantitative estimate of drug-likeness (QED) is 0.759. The monoisotopic (exact) mass is 302 g/mol. The zero-order valence-electron chi connectivity index (χ0n) is 11.2. The van der Waals surface area contributed by atoms with Crippen LogP contribution < -0.4 is 0 Å². The molecule has 0 N–H and O–H groups in total. The fourth-order valence-electron chi connectivity index (χ4n) is 2.20. The molecule has 4 heteroatoms. The third-order valence-corrected chi connectivity index (χ3v) is 4.24. The summed E-state index contributed by atoms with van der Waals surface area (Å²) in [5, 5.41) is 1.21. The number of halogens is 2. The second-order valence-electron chi connectivity index (χ2n) is 5.03. The predicted molar refractivity (Wildman–Crippen MR) is 79.0 cm³/mol. The second kappa shape index (κ2) is 7.49. The maximum absolute atomic E-state index is 6.03. The van der Waals surface area contributed by atoms with Crippen LogP contribution in [0.25, 0.3) is 0 Å². The Morgan fingerprint density at radius 2 is 2.16 bits per heavy atom. The summed E-state index contributed by atoms with van der Waals surface area (Å²) in [5.41, 5.74) is 1.20. The van der Waals surface area contributed by atoms with Crippen molar-refractivity contribution in [1.82, 2.24) is 0 Å². The molecule has 1 aromatic rings. The Balaban J connectivity index is 1.76. The molecule has 2 rings (SSSR count). The average Bonchev–Trinajstić information content (AvgIpc) is 2.43. The van der Waals surface area contributed by atoms with Gasteiger partial charge in [0.15, 0.2) is 6.29 Å². The Bertz CT molecular complexity index is 403. The Morgan fingerprint density at radius 3 is 2.84 bits per heavy atom. The summed E-state index contributed by atoms with van der Waals surface area (Å²) in [4.78, 5) is 0. The molecule has 2 atom stereocenters. The SMILES string of the molecule is CC(CCOC1CCCCO1)c1ccc(Cl)c(Cl)c1. The lowest BCUT2D eigenvalue weighted by molar-refractivity contribution is -0.163. The predicted octanol–water partition coefficient (Wildman–Crippen LogP) is 5.03. The van der Waals surface area contributed by atoms with Gasteiger partial charge in [-0.25, -0.2) is 0 Å². The third kappa shape index (κ3) is 4.64. The van der Waals surface area contributed by atoms with Gasteiger partial charge in [-0.1, -0.05) is 36.2 Å². The molecule has 2 unspecified atom stereocenters. The molecule has 0 radical (unpaired) electrons. The molecule has 1 aliphatic rings. The van der Waals surface area contributed by atoms with Gasteiger partial charge < -0.3 is 9.47 Å². The van der Waals surface area contributed by atoms with Gasteiger partial charge in [0.05, 0.1) is 16.7 Å². The molecule has 0 aliphatic carbocycles. The molecular weight excluding hydrogens is 283 g/mol. The Morgan fingerprint density at radius 1 is 1.32 bits per heavy atom. The lowest BCUT2D eigenvalue weighted by Crippen LogP contribution is -2.23. The largest absolute Gasteiger partial charge is 0.353 e. The van der Waals surface area contributed by atoms with Gasteiger partial charge in [0.25, 0.3) is 0 Å². The topological polar surface area (TPSA) is 18.5 Å². The molecule has 1 heterocycles. The van der Waals surface area contributed by atoms with E-state index < -0.39 is 0 Å². The fourth-order valence-corrected chi connectivity index (χ4v) is 2.51. The van der Waals surface area contributed by atoms with Crippen molar-refractivity contribution in [1.29, 1.82) is 0 Å². The van der Waals surface area contributed by atoms with Crippen molar-refractivity contribution in [3.63, 3.8) is 0 Å². The van der Waals surface area contributed by atoms with Crippen LogP contribution in [0.1, 0.15) is 44.1 Å². The minimum Gasteiger partial charge on any atom is -0.353 e. The first-order valence-corrected chi connectivity index (χ1v) is 7.60. The minimum atomic E-state index is -0.00486. The highest BCUT2D eigenvalue weighted by molar-refractivity contribution is 6.42. The maximum Gasteiger partial charge on any atom is 0.157 e. The molecule has 0 bridgehead atoms. The van der Waals surface area contributed by atoms with Gasteiger partial charge in [0.1, 0.15) is 0 Å². The van der Waals surface area contributed by atoms with Crippen LogP contribution in [0.2, 0.25) is 10.0 Å². The first kappa shape index (κ1) is 15.1. The van der Waals surface area contributed by atoms with Crippen LogP contribution in [-0.4, -0.2) is 19.5 Å². The Hall–Kier alpha value is -0.280. The van der Waals surface area contributed by atoms with E-state index in [1.54, 1.807) is 0 Å². The molecular formula is C15H20Cl2O2. The van der Waals surface area contributed by atoms with Crippen LogP contribution in [0.5, 0.6) is 0 Å². The van der Waals surface area contributed by atoms with Crippen LogP contribution in [0.15, 0.2) is 18.2 Å². The van der Waals surface area contributed by atoms with Crippen molar-refractivity contribution in [3.8, 4) is 0 Å². The van der Waals surface area contributed by atoms with Gasteiger partial charge in [0, 0.05) is 6.61 Å². The second-order valence-corrected chi connectivity index (χ2v) is 5.84. The molecule has 0 spiro atoms. The van der Waals surface area contributed by atoms with E-state index in [-0.39, 0.29) is 6.29 Å². The van der Waals surface area contributed by atoms with Crippen molar-refractivity contribution >= 4 is 23.2 Å². The smallest absolute Gasteiger partial charge is 0.157 e. The first-order chi connectivity index (χ1) is 9.16. The van der Waals surface area contributed by atoms with Crippen LogP contribution in [-0.2, 0) is 9.47 Å². The first-order valence-electron chi connectivity index (χ1n) is 6.85. The van der Waals surface area contributed by atoms with E-state index in [4.69, 9.17) is 32.7 Å². The molecule has 0 aromatic heterocycles. The van der Waals surface area contributed by atoms with Gasteiger partial charge in [-0.3, -0.25) is 0 Å². The summed E-state index contributed by atoms with van der Waals surface area (Å²) < 4.78 is 11.3.